The van der Waals surface area contributed by atoms with Crippen molar-refractivity contribution in [1.82, 2.24) is 0 Å². The molecule has 0 heterocycles. The van der Waals surface area contributed by atoms with Crippen LogP contribution in [-0.2, 0) is 4.74 Å². The minimum Gasteiger partial charge on any atom is -0.484 e. The van der Waals surface area contributed by atoms with Gasteiger partial charge in [0.2, 0.25) is 0 Å². The Morgan fingerprint density at radius 1 is 1.45 bits per heavy atom. The minimum atomic E-state index is -1.27. The SMILES string of the molecule is CCOCC(O)COc1ccc(C(=O)O)cc1[N+](=O)[O-]. The molecule has 1 aromatic rings. The summed E-state index contributed by atoms with van der Waals surface area (Å²) < 4.78 is 10.1. The molecule has 0 saturated carbocycles. The average molecular weight is 285 g/mol. The number of hydrogen-bond donors (Lipinski definition) is 2. The minimum absolute atomic E-state index is 0.0531. The van der Waals surface area contributed by atoms with E-state index in [1.807, 2.05) is 0 Å². The molecule has 2 N–H and O–H groups in total. The number of carboxylic acid groups (broad SMARTS) is 1. The zero-order chi connectivity index (χ0) is 15.1. The zero-order valence-electron chi connectivity index (χ0n) is 10.8. The lowest BCUT2D eigenvalue weighted by Crippen LogP contribution is -2.23. The summed E-state index contributed by atoms with van der Waals surface area (Å²) in [6.45, 7) is 2.07. The highest BCUT2D eigenvalue weighted by Crippen LogP contribution is 2.28. The second-order valence-corrected chi connectivity index (χ2v) is 3.87. The van der Waals surface area contributed by atoms with Gasteiger partial charge in [0.1, 0.15) is 12.7 Å². The lowest BCUT2D eigenvalue weighted by atomic mass is 10.2. The molecular formula is C12H15NO7. The van der Waals surface area contributed by atoms with Crippen molar-refractivity contribution in [2.75, 3.05) is 19.8 Å². The summed E-state index contributed by atoms with van der Waals surface area (Å²) in [6, 6.07) is 3.29. The van der Waals surface area contributed by atoms with Crippen molar-refractivity contribution >= 4 is 11.7 Å². The first kappa shape index (κ1) is 15.9. The average Bonchev–Trinajstić information content (AvgIpc) is 2.42. The van der Waals surface area contributed by atoms with Gasteiger partial charge in [-0.25, -0.2) is 4.79 Å². The van der Waals surface area contributed by atoms with Gasteiger partial charge in [-0.15, -0.1) is 0 Å². The first-order valence-corrected chi connectivity index (χ1v) is 5.86. The fourth-order valence-electron chi connectivity index (χ4n) is 1.40. The molecule has 0 aliphatic rings. The van der Waals surface area contributed by atoms with Crippen LogP contribution in [0.25, 0.3) is 0 Å². The normalized spacial score (nSPS) is 11.9. The Labute approximate surface area is 114 Å². The predicted octanol–water partition coefficient (Wildman–Crippen LogP) is 1.07. The second kappa shape index (κ2) is 7.41. The van der Waals surface area contributed by atoms with E-state index < -0.39 is 22.7 Å². The van der Waals surface area contributed by atoms with Crippen LogP contribution in [0.2, 0.25) is 0 Å². The quantitative estimate of drug-likeness (QED) is 0.541. The molecule has 0 aliphatic carbocycles. The number of aliphatic hydroxyl groups excluding tert-OH is 1. The molecule has 0 radical (unpaired) electrons. The van der Waals surface area contributed by atoms with Crippen molar-refractivity contribution in [3.05, 3.63) is 33.9 Å². The number of nitro benzene ring substituents is 1. The van der Waals surface area contributed by atoms with E-state index in [-0.39, 0.29) is 24.5 Å². The fourth-order valence-corrected chi connectivity index (χ4v) is 1.40. The van der Waals surface area contributed by atoms with Crippen molar-refractivity contribution in [3.63, 3.8) is 0 Å². The lowest BCUT2D eigenvalue weighted by molar-refractivity contribution is -0.386. The molecule has 1 aromatic carbocycles. The van der Waals surface area contributed by atoms with E-state index >= 15 is 0 Å². The van der Waals surface area contributed by atoms with E-state index in [0.29, 0.717) is 6.61 Å². The Balaban J connectivity index is 2.79. The number of benzene rings is 1. The summed E-state index contributed by atoms with van der Waals surface area (Å²) in [5.74, 6) is -1.37. The van der Waals surface area contributed by atoms with Crippen LogP contribution in [0.15, 0.2) is 18.2 Å². The van der Waals surface area contributed by atoms with Crippen LogP contribution < -0.4 is 4.74 Å². The maximum absolute atomic E-state index is 10.9. The standard InChI is InChI=1S/C12H15NO7/c1-2-19-6-9(14)7-20-11-4-3-8(12(15)16)5-10(11)13(17)18/h3-5,9,14H,2,6-7H2,1H3,(H,15,16). The number of ether oxygens (including phenoxy) is 2. The Hall–Kier alpha value is -2.19. The predicted molar refractivity (Wildman–Crippen MR) is 68.1 cm³/mol. The number of carbonyl (C=O) groups is 1. The summed E-state index contributed by atoms with van der Waals surface area (Å²) in [7, 11) is 0. The first-order chi connectivity index (χ1) is 9.45. The van der Waals surface area contributed by atoms with Crippen LogP contribution in [0.4, 0.5) is 5.69 Å². The Bertz CT molecular complexity index is 489. The molecule has 1 rings (SSSR count). The third kappa shape index (κ3) is 4.48. The van der Waals surface area contributed by atoms with Gasteiger partial charge in [0.25, 0.3) is 0 Å². The molecule has 1 atom stereocenters. The third-order valence-electron chi connectivity index (χ3n) is 2.35. The topological polar surface area (TPSA) is 119 Å². The molecule has 8 nitrogen and oxygen atoms in total. The number of carboxylic acids is 1. The Morgan fingerprint density at radius 2 is 2.15 bits per heavy atom. The second-order valence-electron chi connectivity index (χ2n) is 3.87. The van der Waals surface area contributed by atoms with Crippen molar-refractivity contribution in [2.24, 2.45) is 0 Å². The van der Waals surface area contributed by atoms with Crippen molar-refractivity contribution < 1.29 is 29.4 Å². The molecule has 0 aliphatic heterocycles. The largest absolute Gasteiger partial charge is 0.484 e. The molecule has 0 amide bonds. The number of hydrogen-bond acceptors (Lipinski definition) is 6. The molecule has 0 saturated heterocycles. The monoisotopic (exact) mass is 285 g/mol. The van der Waals surface area contributed by atoms with Gasteiger partial charge in [0, 0.05) is 12.7 Å². The van der Waals surface area contributed by atoms with Gasteiger partial charge < -0.3 is 19.7 Å². The number of aromatic carboxylic acids is 1. The number of nitrogens with zero attached hydrogens (tertiary/aromatic N) is 1. The van der Waals surface area contributed by atoms with E-state index in [9.17, 15) is 20.0 Å². The van der Waals surface area contributed by atoms with Gasteiger partial charge in [-0.1, -0.05) is 0 Å². The van der Waals surface area contributed by atoms with Gasteiger partial charge in [-0.2, -0.15) is 0 Å². The molecule has 1 unspecified atom stereocenters. The molecule has 110 valence electrons. The summed E-state index contributed by atoms with van der Waals surface area (Å²) in [5.41, 5.74) is -0.674. The van der Waals surface area contributed by atoms with Crippen LogP contribution in [0.3, 0.4) is 0 Å². The van der Waals surface area contributed by atoms with Crippen molar-refractivity contribution in [2.45, 2.75) is 13.0 Å². The number of rotatable bonds is 8. The van der Waals surface area contributed by atoms with E-state index in [1.165, 1.54) is 12.1 Å². The maximum Gasteiger partial charge on any atom is 0.335 e. The van der Waals surface area contributed by atoms with E-state index in [1.54, 1.807) is 6.92 Å². The van der Waals surface area contributed by atoms with Gasteiger partial charge in [0.15, 0.2) is 5.75 Å². The smallest absolute Gasteiger partial charge is 0.335 e. The first-order valence-electron chi connectivity index (χ1n) is 5.86. The van der Waals surface area contributed by atoms with Crippen LogP contribution >= 0.6 is 0 Å². The summed E-state index contributed by atoms with van der Waals surface area (Å²) >= 11 is 0. The summed E-state index contributed by atoms with van der Waals surface area (Å²) in [6.07, 6.45) is -0.922. The summed E-state index contributed by atoms with van der Waals surface area (Å²) in [5, 5.41) is 29.1. The lowest BCUT2D eigenvalue weighted by Gasteiger charge is -2.12. The highest BCUT2D eigenvalue weighted by Gasteiger charge is 2.19. The molecule has 0 aromatic heterocycles. The number of aliphatic hydroxyl groups is 1. The van der Waals surface area contributed by atoms with E-state index in [4.69, 9.17) is 14.6 Å². The Kier molecular flexibility index (Phi) is 5.88. The molecular weight excluding hydrogens is 270 g/mol. The zero-order valence-corrected chi connectivity index (χ0v) is 10.8. The molecule has 8 heteroatoms. The van der Waals surface area contributed by atoms with Crippen LogP contribution in [0.5, 0.6) is 5.75 Å². The van der Waals surface area contributed by atoms with E-state index in [0.717, 1.165) is 6.07 Å². The van der Waals surface area contributed by atoms with Gasteiger partial charge in [-0.05, 0) is 19.1 Å². The molecule has 20 heavy (non-hydrogen) atoms. The summed E-state index contributed by atoms with van der Waals surface area (Å²) in [4.78, 5) is 20.9. The van der Waals surface area contributed by atoms with Crippen LogP contribution in [-0.4, -0.2) is 47.0 Å². The van der Waals surface area contributed by atoms with Crippen molar-refractivity contribution in [3.8, 4) is 5.75 Å². The van der Waals surface area contributed by atoms with Crippen LogP contribution in [0.1, 0.15) is 17.3 Å². The maximum atomic E-state index is 10.9. The molecule has 0 spiro atoms. The van der Waals surface area contributed by atoms with E-state index in [2.05, 4.69) is 0 Å². The molecule has 0 bridgehead atoms. The highest BCUT2D eigenvalue weighted by molar-refractivity contribution is 5.88. The fraction of sp³-hybridized carbons (Fsp3) is 0.417. The highest BCUT2D eigenvalue weighted by atomic mass is 16.6. The molecule has 0 fully saturated rings. The van der Waals surface area contributed by atoms with Gasteiger partial charge in [-0.3, -0.25) is 10.1 Å². The third-order valence-corrected chi connectivity index (χ3v) is 2.35. The van der Waals surface area contributed by atoms with Gasteiger partial charge in [0.05, 0.1) is 17.1 Å². The number of nitro groups is 1. The Morgan fingerprint density at radius 3 is 2.70 bits per heavy atom. The van der Waals surface area contributed by atoms with Crippen LogP contribution in [0, 0.1) is 10.1 Å². The van der Waals surface area contributed by atoms with Crippen molar-refractivity contribution in [1.29, 1.82) is 0 Å². The van der Waals surface area contributed by atoms with Gasteiger partial charge >= 0.3 is 11.7 Å².